The molecule has 0 aromatic heterocycles. The molecule has 0 bridgehead atoms. The van der Waals surface area contributed by atoms with E-state index in [4.69, 9.17) is 19.6 Å². The Morgan fingerprint density at radius 3 is 1.19 bits per heavy atom. The van der Waals surface area contributed by atoms with Gasteiger partial charge in [0.1, 0.15) is 0 Å². The van der Waals surface area contributed by atoms with Crippen LogP contribution < -0.4 is 20.8 Å². The first-order chi connectivity index (χ1) is 8.83. The molecular weight excluding hydrogens is 386 g/mol. The quantitative estimate of drug-likeness (QED) is 0.167. The topological polar surface area (TPSA) is 219 Å². The van der Waals surface area contributed by atoms with E-state index in [1.165, 1.54) is 0 Å². The summed E-state index contributed by atoms with van der Waals surface area (Å²) >= 11 is 0. The second-order valence-corrected chi connectivity index (χ2v) is 6.53. The van der Waals surface area contributed by atoms with Crippen LogP contribution in [0.15, 0.2) is 0 Å². The van der Waals surface area contributed by atoms with E-state index in [1.807, 2.05) is 10.6 Å². The van der Waals surface area contributed by atoms with Gasteiger partial charge in [0.05, 0.1) is 24.5 Å². The monoisotopic (exact) mass is 399 g/mol. The Morgan fingerprint density at radius 1 is 0.810 bits per heavy atom. The van der Waals surface area contributed by atoms with Gasteiger partial charge in [0.2, 0.25) is 0 Å². The maximum absolute atomic E-state index is 10.0. The van der Waals surface area contributed by atoms with E-state index in [1.54, 1.807) is 0 Å². The molecule has 0 saturated carbocycles. The van der Waals surface area contributed by atoms with Crippen LogP contribution in [0.25, 0.3) is 0 Å². The first-order valence-electron chi connectivity index (χ1n) is 4.74. The van der Waals surface area contributed by atoms with Crippen molar-refractivity contribution in [2.75, 3.05) is 25.7 Å². The van der Waals surface area contributed by atoms with Crippen molar-refractivity contribution in [3.05, 3.63) is 0 Å². The van der Waals surface area contributed by atoms with Crippen molar-refractivity contribution in [2.45, 2.75) is 0 Å². The largest absolute Gasteiger partial charge is 2.00 e. The van der Waals surface area contributed by atoms with Gasteiger partial charge in [-0.15, -0.1) is 0 Å². The Balaban J connectivity index is -0.000000295. The minimum Gasteiger partial charge on any atom is -0.549 e. The number of hydrogen-bond donors (Lipinski definition) is 6. The molecule has 0 aromatic rings. The molecule has 0 atom stereocenters. The van der Waals surface area contributed by atoms with Gasteiger partial charge in [0.25, 0.3) is 0 Å². The zero-order valence-electron chi connectivity index (χ0n) is 10.3. The summed E-state index contributed by atoms with van der Waals surface area (Å²) in [6.45, 7) is -1.10. The summed E-state index contributed by atoms with van der Waals surface area (Å²) in [7, 11) is -8.25. The third-order valence-corrected chi connectivity index (χ3v) is 2.45. The van der Waals surface area contributed by atoms with Crippen LogP contribution in [-0.4, -0.2) is 57.2 Å². The number of carbonyl (C=O) groups excluding carboxylic acids is 2. The van der Waals surface area contributed by atoms with Crippen LogP contribution in [0.5, 0.6) is 0 Å². The van der Waals surface area contributed by atoms with Crippen LogP contribution in [0.3, 0.4) is 0 Å². The molecule has 1 radical (unpaired) electrons. The number of carboxylic acid groups (broad SMARTS) is 2. The fourth-order valence-electron chi connectivity index (χ4n) is 0.607. The van der Waals surface area contributed by atoms with Gasteiger partial charge in [-0.1, -0.05) is 0 Å². The van der Waals surface area contributed by atoms with Gasteiger partial charge in [-0.05, 0) is 0 Å². The van der Waals surface area contributed by atoms with Crippen LogP contribution in [0.2, 0.25) is 0 Å². The minimum atomic E-state index is -4.12. The summed E-state index contributed by atoms with van der Waals surface area (Å²) in [5, 5.41) is 23.3. The summed E-state index contributed by atoms with van der Waals surface area (Å²) in [6, 6.07) is 0. The van der Waals surface area contributed by atoms with Gasteiger partial charge in [-0.25, -0.2) is 0 Å². The molecule has 0 aliphatic carbocycles. The molecule has 0 amide bonds. The molecule has 0 rings (SSSR count). The summed E-state index contributed by atoms with van der Waals surface area (Å²) < 4.78 is 20.1. The van der Waals surface area contributed by atoms with Gasteiger partial charge < -0.3 is 50.0 Å². The molecule has 0 aliphatic heterocycles. The number of carboxylic acids is 2. The number of rotatable bonds is 8. The Morgan fingerprint density at radius 2 is 1.05 bits per heavy atom. The average molecular weight is 400 g/mol. The molecule has 0 fully saturated rings. The molecule has 129 valence electrons. The summed E-state index contributed by atoms with van der Waals surface area (Å²) in [5.74, 6) is -2.79. The normalized spacial score (nSPS) is 10.9. The van der Waals surface area contributed by atoms with Gasteiger partial charge in [-0.3, -0.25) is 9.13 Å². The van der Waals surface area contributed by atoms with Gasteiger partial charge >= 0.3 is 32.3 Å². The Labute approximate surface area is 129 Å². The zero-order chi connectivity index (χ0) is 16.4. The predicted molar refractivity (Wildman–Crippen MR) is 59.8 cm³/mol. The van der Waals surface area contributed by atoms with Crippen molar-refractivity contribution in [2.24, 2.45) is 0 Å². The molecule has 0 aliphatic rings. The zero-order valence-corrected chi connectivity index (χ0v) is 13.0. The van der Waals surface area contributed by atoms with Gasteiger partial charge in [-0.2, -0.15) is 0 Å². The van der Waals surface area contributed by atoms with E-state index >= 15 is 0 Å². The summed E-state index contributed by atoms with van der Waals surface area (Å²) in [5.41, 5.74) is 0. The first-order valence-corrected chi connectivity index (χ1v) is 8.33. The third-order valence-electron chi connectivity index (χ3n) is 1.17. The second kappa shape index (κ2) is 12.2. The SMILES string of the molecule is O=C([O-])CNCP(=O)(O)O.O=C([O-])CNCP(=O)(O)O.[Cu+2]. The molecule has 0 aromatic carbocycles. The van der Waals surface area contributed by atoms with E-state index in [2.05, 4.69) is 0 Å². The van der Waals surface area contributed by atoms with Gasteiger partial charge in [0, 0.05) is 13.1 Å². The summed E-state index contributed by atoms with van der Waals surface area (Å²) in [4.78, 5) is 52.0. The van der Waals surface area contributed by atoms with Crippen LogP contribution >= 0.6 is 15.2 Å². The minimum absolute atomic E-state index is 0. The molecule has 21 heavy (non-hydrogen) atoms. The van der Waals surface area contributed by atoms with E-state index < -0.39 is 52.8 Å². The van der Waals surface area contributed by atoms with Crippen molar-refractivity contribution in [3.8, 4) is 0 Å². The van der Waals surface area contributed by atoms with Crippen LogP contribution in [0.1, 0.15) is 0 Å². The van der Waals surface area contributed by atoms with Crippen molar-refractivity contribution >= 4 is 27.1 Å². The number of carbonyl (C=O) groups is 2. The van der Waals surface area contributed by atoms with Crippen LogP contribution in [0.4, 0.5) is 0 Å². The molecule has 0 spiro atoms. The van der Waals surface area contributed by atoms with E-state index in [0.717, 1.165) is 0 Å². The fourth-order valence-corrected chi connectivity index (χ4v) is 1.41. The maximum atomic E-state index is 10.0. The van der Waals surface area contributed by atoms with Crippen molar-refractivity contribution in [1.29, 1.82) is 0 Å². The molecule has 0 unspecified atom stereocenters. The predicted octanol–water partition coefficient (Wildman–Crippen LogP) is -5.08. The average Bonchev–Trinajstić information content (AvgIpc) is 2.12. The Hall–Kier alpha value is -0.321. The molecule has 12 nitrogen and oxygen atoms in total. The standard InChI is InChI=1S/2C3H8NO5P.Cu/c2*5-3(6)1-4-2-10(7,8)9;/h2*4H,1-2H2,(H,5,6)(H2,7,8,9);/q;;+2/p-2. The summed E-state index contributed by atoms with van der Waals surface area (Å²) in [6.07, 6.45) is -1.28. The Bertz CT molecular complexity index is 368. The van der Waals surface area contributed by atoms with E-state index in [9.17, 15) is 28.9 Å². The molecule has 15 heteroatoms. The van der Waals surface area contributed by atoms with E-state index in [-0.39, 0.29) is 17.1 Å². The Kier molecular flexibility index (Phi) is 14.9. The fraction of sp³-hybridized carbons (Fsp3) is 0.667. The third kappa shape index (κ3) is 32.9. The van der Waals surface area contributed by atoms with Crippen molar-refractivity contribution < 1.29 is 65.6 Å². The molecule has 0 heterocycles. The van der Waals surface area contributed by atoms with Crippen LogP contribution in [-0.2, 0) is 35.8 Å². The maximum Gasteiger partial charge on any atom is 2.00 e. The number of nitrogens with one attached hydrogen (secondary N) is 2. The number of aliphatic carboxylic acids is 2. The molecule has 6 N–H and O–H groups in total. The molecular formula is C6H14CuN2O10P2. The van der Waals surface area contributed by atoms with Crippen molar-refractivity contribution in [1.82, 2.24) is 10.6 Å². The van der Waals surface area contributed by atoms with Crippen molar-refractivity contribution in [3.63, 3.8) is 0 Å². The smallest absolute Gasteiger partial charge is 0.549 e. The molecule has 0 saturated heterocycles. The second-order valence-electron chi connectivity index (χ2n) is 3.24. The first kappa shape index (κ1) is 25.6. The van der Waals surface area contributed by atoms with Gasteiger partial charge in [0.15, 0.2) is 0 Å². The number of hydrogen-bond acceptors (Lipinski definition) is 8. The van der Waals surface area contributed by atoms with Crippen LogP contribution in [0, 0.1) is 0 Å². The van der Waals surface area contributed by atoms with E-state index in [0.29, 0.717) is 0 Å².